The van der Waals surface area contributed by atoms with Gasteiger partial charge in [0.2, 0.25) is 0 Å². The molecule has 4 aliphatic carbocycles. The Kier molecular flexibility index (Phi) is 14.2. The van der Waals surface area contributed by atoms with Crippen LogP contribution in [-0.2, 0) is 4.74 Å². The highest BCUT2D eigenvalue weighted by molar-refractivity contribution is 5.85. The number of hydrogen-bond donors (Lipinski definition) is 4. The first-order valence-electron chi connectivity index (χ1n) is 18.3. The largest absolute Gasteiger partial charge is 0.444 e. The maximum absolute atomic E-state index is 11.9. The quantitative estimate of drug-likeness (QED) is 0.214. The molecule has 4 atom stereocenters. The first-order valence-corrected chi connectivity index (χ1v) is 18.3. The Morgan fingerprint density at radius 1 is 0.688 bits per heavy atom. The molecule has 0 bridgehead atoms. The van der Waals surface area contributed by atoms with E-state index < -0.39 is 5.60 Å². The van der Waals surface area contributed by atoms with E-state index in [4.69, 9.17) is 10.5 Å². The number of hydrogen-bond acceptors (Lipinski definition) is 5. The molecule has 2 aromatic rings. The summed E-state index contributed by atoms with van der Waals surface area (Å²) < 4.78 is 5.36. The van der Waals surface area contributed by atoms with Crippen LogP contribution in [0, 0.1) is 11.8 Å². The second kappa shape index (κ2) is 17.8. The minimum atomic E-state index is -0.436. The fraction of sp³-hybridized carbons (Fsp3) is 0.585. The third kappa shape index (κ3) is 12.7. The number of carbonyl (C=O) groups is 1. The minimum Gasteiger partial charge on any atom is -0.444 e. The van der Waals surface area contributed by atoms with Gasteiger partial charge in [0.25, 0.3) is 0 Å². The van der Waals surface area contributed by atoms with Crippen molar-refractivity contribution < 1.29 is 9.53 Å². The molecular formula is C41H61ClN4O2. The molecule has 0 aliphatic heterocycles. The highest BCUT2D eigenvalue weighted by Gasteiger charge is 2.40. The van der Waals surface area contributed by atoms with Gasteiger partial charge in [0.1, 0.15) is 5.60 Å². The number of nitrogens with one attached hydrogen (secondary N) is 3. The summed E-state index contributed by atoms with van der Waals surface area (Å²) in [7, 11) is 0. The van der Waals surface area contributed by atoms with Crippen LogP contribution in [0.1, 0.15) is 110 Å². The van der Waals surface area contributed by atoms with E-state index in [9.17, 15) is 4.79 Å². The lowest BCUT2D eigenvalue weighted by Gasteiger charge is -2.30. The normalized spacial score (nSPS) is 30.2. The topological polar surface area (TPSA) is 88.4 Å². The number of halogens is 1. The maximum atomic E-state index is 11.9. The average molecular weight is 677 g/mol. The van der Waals surface area contributed by atoms with Crippen molar-refractivity contribution in [2.24, 2.45) is 17.6 Å². The lowest BCUT2D eigenvalue weighted by molar-refractivity contribution is 0.0489. The molecule has 0 radical (unpaired) electrons. The zero-order chi connectivity index (χ0) is 33.4. The third-order valence-electron chi connectivity index (χ3n) is 10.3. The summed E-state index contributed by atoms with van der Waals surface area (Å²) >= 11 is 0. The van der Waals surface area contributed by atoms with Gasteiger partial charge in [-0.15, -0.1) is 12.4 Å². The molecule has 6 nitrogen and oxygen atoms in total. The van der Waals surface area contributed by atoms with Gasteiger partial charge in [-0.2, -0.15) is 0 Å². The van der Waals surface area contributed by atoms with Crippen molar-refractivity contribution in [3.05, 3.63) is 82.9 Å². The number of carbonyl (C=O) groups excluding carboxylic acids is 1. The van der Waals surface area contributed by atoms with Crippen LogP contribution in [0.3, 0.4) is 0 Å². The predicted molar refractivity (Wildman–Crippen MR) is 203 cm³/mol. The van der Waals surface area contributed by atoms with Crippen LogP contribution in [0.2, 0.25) is 0 Å². The fourth-order valence-electron chi connectivity index (χ4n) is 7.37. The first kappa shape index (κ1) is 38.2. The molecule has 5 N–H and O–H groups in total. The summed E-state index contributed by atoms with van der Waals surface area (Å²) in [5.41, 5.74) is 11.1. The van der Waals surface area contributed by atoms with Crippen LogP contribution in [0.5, 0.6) is 0 Å². The first-order chi connectivity index (χ1) is 22.5. The predicted octanol–water partition coefficient (Wildman–Crippen LogP) is 8.66. The second-order valence-electron chi connectivity index (χ2n) is 15.6. The van der Waals surface area contributed by atoms with Gasteiger partial charge in [0.05, 0.1) is 0 Å². The monoisotopic (exact) mass is 676 g/mol. The van der Waals surface area contributed by atoms with Crippen molar-refractivity contribution >= 4 is 30.7 Å². The molecule has 0 unspecified atom stereocenters. The molecule has 4 saturated carbocycles. The Bertz CT molecular complexity index is 1330. The van der Waals surface area contributed by atoms with Gasteiger partial charge in [-0.1, -0.05) is 84.0 Å². The van der Waals surface area contributed by atoms with Gasteiger partial charge in [-0.25, -0.2) is 4.79 Å². The van der Waals surface area contributed by atoms with Crippen LogP contribution in [0.4, 0.5) is 4.79 Å². The van der Waals surface area contributed by atoms with Crippen LogP contribution < -0.4 is 21.7 Å². The van der Waals surface area contributed by atoms with Gasteiger partial charge in [-0.05, 0) is 122 Å². The van der Waals surface area contributed by atoms with Crippen LogP contribution in [0.25, 0.3) is 12.2 Å². The molecular weight excluding hydrogens is 616 g/mol. The minimum absolute atomic E-state index is 0. The van der Waals surface area contributed by atoms with E-state index in [1.165, 1.54) is 60.8 Å². The van der Waals surface area contributed by atoms with Gasteiger partial charge in [-0.3, -0.25) is 0 Å². The van der Waals surface area contributed by atoms with Gasteiger partial charge in [0.15, 0.2) is 0 Å². The standard InChI is InChI=1S/C23H34N2O2.C18H26N2.ClH/c1-16(14-17-8-6-5-7-9-17)20-15-21(20)24-18-10-12-19(13-11-18)25-22(26)27-23(2,3)4;1-13(11-14-5-3-2-4-6-14)17-12-18(17)20-16-9-7-15(19)8-10-16;/h5-9,14,18-21,24H,10-13,15H2,1-4H3,(H,25,26);2-6,11,15-18,20H,7-10,12,19H2,1H3;1H/b16-14+;13-11+;/t18?,19?,20-,21+;15?,16?,17-,18+;/m11./s1. The fourth-order valence-corrected chi connectivity index (χ4v) is 7.37. The molecule has 4 fully saturated rings. The van der Waals surface area contributed by atoms with Crippen molar-refractivity contribution in [2.45, 2.75) is 141 Å². The smallest absolute Gasteiger partial charge is 0.407 e. The van der Waals surface area contributed by atoms with E-state index >= 15 is 0 Å². The summed E-state index contributed by atoms with van der Waals surface area (Å²) in [4.78, 5) is 11.9. The summed E-state index contributed by atoms with van der Waals surface area (Å²) in [6.45, 7) is 10.2. The van der Waals surface area contributed by atoms with Gasteiger partial charge in [0, 0.05) is 36.3 Å². The molecule has 7 heteroatoms. The number of amides is 1. The number of ether oxygens (including phenoxy) is 1. The number of alkyl carbamates (subject to hydrolysis) is 1. The molecule has 264 valence electrons. The van der Waals surface area contributed by atoms with Crippen molar-refractivity contribution in [3.8, 4) is 0 Å². The molecule has 0 aromatic heterocycles. The molecule has 0 saturated heterocycles. The highest BCUT2D eigenvalue weighted by atomic mass is 35.5. The number of nitrogens with two attached hydrogens (primary N) is 1. The zero-order valence-corrected chi connectivity index (χ0v) is 30.7. The molecule has 0 heterocycles. The molecule has 2 aromatic carbocycles. The Morgan fingerprint density at radius 2 is 1.08 bits per heavy atom. The lowest BCUT2D eigenvalue weighted by Crippen LogP contribution is -2.44. The number of benzene rings is 2. The Labute approximate surface area is 296 Å². The van der Waals surface area contributed by atoms with Crippen LogP contribution in [-0.4, -0.2) is 47.9 Å². The SMILES string of the molecule is C/C(=C\c1ccccc1)[C@H]1C[C@@H]1NC1CCC(N)CC1.C/C(=C\c1ccccc1)[C@H]1C[C@@H]1NC1CCC(NC(=O)OC(C)(C)C)CC1.Cl. The maximum Gasteiger partial charge on any atom is 0.407 e. The Balaban J connectivity index is 0.000000221. The van der Waals surface area contributed by atoms with E-state index in [2.05, 4.69) is 103 Å². The molecule has 6 rings (SSSR count). The van der Waals surface area contributed by atoms with Crippen LogP contribution in [0.15, 0.2) is 71.8 Å². The summed E-state index contributed by atoms with van der Waals surface area (Å²) in [5, 5.41) is 10.7. The van der Waals surface area contributed by atoms with Crippen molar-refractivity contribution in [1.29, 1.82) is 0 Å². The molecule has 48 heavy (non-hydrogen) atoms. The van der Waals surface area contributed by atoms with Gasteiger partial charge >= 0.3 is 6.09 Å². The van der Waals surface area contributed by atoms with Crippen molar-refractivity contribution in [3.63, 3.8) is 0 Å². The summed E-state index contributed by atoms with van der Waals surface area (Å²) in [6.07, 6.45) is 16.1. The van der Waals surface area contributed by atoms with E-state index in [0.717, 1.165) is 31.6 Å². The van der Waals surface area contributed by atoms with E-state index in [0.29, 0.717) is 36.1 Å². The second-order valence-corrected chi connectivity index (χ2v) is 15.6. The summed E-state index contributed by atoms with van der Waals surface area (Å²) in [6, 6.07) is 24.5. The van der Waals surface area contributed by atoms with Crippen molar-refractivity contribution in [1.82, 2.24) is 16.0 Å². The van der Waals surface area contributed by atoms with E-state index in [1.54, 1.807) is 0 Å². The number of rotatable bonds is 9. The average Bonchev–Trinajstić information content (AvgIpc) is 3.96. The lowest BCUT2D eigenvalue weighted by atomic mass is 9.91. The molecule has 4 aliphatic rings. The third-order valence-corrected chi connectivity index (χ3v) is 10.3. The van der Waals surface area contributed by atoms with E-state index in [1.807, 2.05) is 20.8 Å². The summed E-state index contributed by atoms with van der Waals surface area (Å²) in [5.74, 6) is 1.41. The highest BCUT2D eigenvalue weighted by Crippen LogP contribution is 2.40. The molecule has 1 amide bonds. The van der Waals surface area contributed by atoms with Crippen LogP contribution >= 0.6 is 12.4 Å². The van der Waals surface area contributed by atoms with Gasteiger partial charge < -0.3 is 26.4 Å². The Morgan fingerprint density at radius 3 is 1.50 bits per heavy atom. The molecule has 0 spiro atoms. The zero-order valence-electron chi connectivity index (χ0n) is 29.9. The van der Waals surface area contributed by atoms with E-state index in [-0.39, 0.29) is 24.5 Å². The Hall–Kier alpha value is -2.64. The van der Waals surface area contributed by atoms with Crippen molar-refractivity contribution in [2.75, 3.05) is 0 Å².